The smallest absolute Gasteiger partial charge is 0.150 e. The van der Waals surface area contributed by atoms with Crippen molar-refractivity contribution in [3.63, 3.8) is 0 Å². The first kappa shape index (κ1) is 15.7. The molecule has 0 heterocycles. The molecule has 0 unspecified atom stereocenters. The van der Waals surface area contributed by atoms with E-state index in [0.29, 0.717) is 33.1 Å². The van der Waals surface area contributed by atoms with Gasteiger partial charge in [-0.15, -0.1) is 0 Å². The molecule has 5 heteroatoms. The summed E-state index contributed by atoms with van der Waals surface area (Å²) >= 11 is 6.71. The van der Waals surface area contributed by atoms with Gasteiger partial charge in [-0.1, -0.05) is 13.8 Å². The van der Waals surface area contributed by atoms with Crippen molar-refractivity contribution in [1.29, 1.82) is 0 Å². The maximum absolute atomic E-state index is 10.7. The molecule has 0 saturated heterocycles. The van der Waals surface area contributed by atoms with E-state index in [4.69, 9.17) is 4.74 Å². The summed E-state index contributed by atoms with van der Waals surface area (Å²) in [6, 6.07) is 3.37. The molecule has 1 N–H and O–H groups in total. The van der Waals surface area contributed by atoms with Gasteiger partial charge in [-0.3, -0.25) is 4.79 Å². The van der Waals surface area contributed by atoms with Crippen molar-refractivity contribution in [2.45, 2.75) is 32.3 Å². The Morgan fingerprint density at radius 3 is 2.17 bits per heavy atom. The van der Waals surface area contributed by atoms with Crippen molar-refractivity contribution < 1.29 is 14.6 Å². The molecule has 0 radical (unpaired) electrons. The lowest BCUT2D eigenvalue weighted by molar-refractivity contribution is -0.0117. The lowest BCUT2D eigenvalue weighted by Crippen LogP contribution is -2.34. The largest absolute Gasteiger partial charge is 0.488 e. The summed E-state index contributed by atoms with van der Waals surface area (Å²) in [5.41, 5.74) is -0.260. The van der Waals surface area contributed by atoms with Crippen molar-refractivity contribution in [3.8, 4) is 5.75 Å². The van der Waals surface area contributed by atoms with E-state index in [0.717, 1.165) is 6.29 Å². The van der Waals surface area contributed by atoms with Crippen molar-refractivity contribution in [3.05, 3.63) is 26.6 Å². The standard InChI is InChI=1S/C13H16Br2O3/c1-3-13(17,4-2)8-18-12-10(14)5-9(7-16)6-11(12)15/h5-7,17H,3-4,8H2,1-2H3. The second-order valence-corrected chi connectivity index (χ2v) is 5.86. The van der Waals surface area contributed by atoms with E-state index >= 15 is 0 Å². The van der Waals surface area contributed by atoms with Crippen LogP contribution in [0.15, 0.2) is 21.1 Å². The topological polar surface area (TPSA) is 46.5 Å². The summed E-state index contributed by atoms with van der Waals surface area (Å²) in [6.45, 7) is 4.07. The van der Waals surface area contributed by atoms with Gasteiger partial charge in [0.1, 0.15) is 18.6 Å². The summed E-state index contributed by atoms with van der Waals surface area (Å²) in [5.74, 6) is 0.598. The molecule has 3 nitrogen and oxygen atoms in total. The minimum absolute atomic E-state index is 0.220. The van der Waals surface area contributed by atoms with Gasteiger partial charge in [0.15, 0.2) is 0 Å². The van der Waals surface area contributed by atoms with Crippen LogP contribution in [-0.2, 0) is 0 Å². The van der Waals surface area contributed by atoms with E-state index in [9.17, 15) is 9.90 Å². The Morgan fingerprint density at radius 2 is 1.78 bits per heavy atom. The van der Waals surface area contributed by atoms with Crippen LogP contribution in [0.3, 0.4) is 0 Å². The van der Waals surface area contributed by atoms with E-state index in [1.165, 1.54) is 0 Å². The maximum atomic E-state index is 10.7. The van der Waals surface area contributed by atoms with Crippen LogP contribution in [0, 0.1) is 0 Å². The SMILES string of the molecule is CCC(O)(CC)COc1c(Br)cc(C=O)cc1Br. The highest BCUT2D eigenvalue weighted by molar-refractivity contribution is 9.11. The summed E-state index contributed by atoms with van der Waals surface area (Å²) in [6.07, 6.45) is 2.03. The molecular weight excluding hydrogens is 364 g/mol. The number of aldehydes is 1. The monoisotopic (exact) mass is 378 g/mol. The fourth-order valence-corrected chi connectivity index (χ4v) is 2.90. The molecule has 0 aliphatic carbocycles. The highest BCUT2D eigenvalue weighted by atomic mass is 79.9. The van der Waals surface area contributed by atoms with Gasteiger partial charge < -0.3 is 9.84 Å². The first-order valence-electron chi connectivity index (χ1n) is 5.75. The summed E-state index contributed by atoms with van der Waals surface area (Å²) < 4.78 is 7.03. The van der Waals surface area contributed by atoms with Gasteiger partial charge in [0, 0.05) is 5.56 Å². The third-order valence-corrected chi connectivity index (χ3v) is 4.14. The summed E-state index contributed by atoms with van der Waals surface area (Å²) in [4.78, 5) is 10.7. The molecule has 0 aliphatic heterocycles. The zero-order valence-electron chi connectivity index (χ0n) is 10.4. The minimum Gasteiger partial charge on any atom is -0.488 e. The number of benzene rings is 1. The van der Waals surface area contributed by atoms with Gasteiger partial charge in [-0.2, -0.15) is 0 Å². The van der Waals surface area contributed by atoms with Crippen LogP contribution >= 0.6 is 31.9 Å². The predicted molar refractivity (Wildman–Crippen MR) is 78.3 cm³/mol. The summed E-state index contributed by atoms with van der Waals surface area (Å²) in [7, 11) is 0. The maximum Gasteiger partial charge on any atom is 0.150 e. The Balaban J connectivity index is 2.89. The van der Waals surface area contributed by atoms with E-state index in [1.807, 2.05) is 13.8 Å². The molecule has 0 atom stereocenters. The lowest BCUT2D eigenvalue weighted by atomic mass is 9.99. The normalized spacial score (nSPS) is 11.4. The number of hydrogen-bond donors (Lipinski definition) is 1. The second kappa shape index (κ2) is 6.68. The fraction of sp³-hybridized carbons (Fsp3) is 0.462. The van der Waals surface area contributed by atoms with Crippen molar-refractivity contribution in [1.82, 2.24) is 0 Å². The zero-order valence-corrected chi connectivity index (χ0v) is 13.5. The Kier molecular flexibility index (Phi) is 5.82. The molecule has 1 aromatic rings. The van der Waals surface area contributed by atoms with Crippen molar-refractivity contribution >= 4 is 38.1 Å². The Morgan fingerprint density at radius 1 is 1.28 bits per heavy atom. The molecule has 100 valence electrons. The zero-order chi connectivity index (χ0) is 13.8. The molecule has 0 aliphatic rings. The van der Waals surface area contributed by atoms with E-state index < -0.39 is 5.60 Å². The molecule has 1 aromatic carbocycles. The van der Waals surface area contributed by atoms with Gasteiger partial charge in [0.2, 0.25) is 0 Å². The molecule has 0 bridgehead atoms. The highest BCUT2D eigenvalue weighted by Crippen LogP contribution is 2.35. The van der Waals surface area contributed by atoms with E-state index in [-0.39, 0.29) is 6.61 Å². The van der Waals surface area contributed by atoms with Gasteiger partial charge in [0.05, 0.1) is 14.5 Å². The lowest BCUT2D eigenvalue weighted by Gasteiger charge is -2.25. The molecule has 0 spiro atoms. The average molecular weight is 380 g/mol. The van der Waals surface area contributed by atoms with Crippen molar-refractivity contribution in [2.24, 2.45) is 0 Å². The number of halogens is 2. The molecule has 18 heavy (non-hydrogen) atoms. The molecular formula is C13H16Br2O3. The number of hydrogen-bond acceptors (Lipinski definition) is 3. The Hall–Kier alpha value is -0.390. The minimum atomic E-state index is -0.817. The van der Waals surface area contributed by atoms with Crippen LogP contribution < -0.4 is 4.74 Å². The number of rotatable bonds is 6. The number of ether oxygens (including phenoxy) is 1. The third-order valence-electron chi connectivity index (χ3n) is 2.96. The van der Waals surface area contributed by atoms with Crippen LogP contribution in [-0.4, -0.2) is 23.6 Å². The quantitative estimate of drug-likeness (QED) is 0.761. The third kappa shape index (κ3) is 3.80. The van der Waals surface area contributed by atoms with Crippen LogP contribution in [0.2, 0.25) is 0 Å². The van der Waals surface area contributed by atoms with E-state index in [1.54, 1.807) is 12.1 Å². The Bertz CT molecular complexity index is 405. The first-order chi connectivity index (χ1) is 8.45. The van der Waals surface area contributed by atoms with E-state index in [2.05, 4.69) is 31.9 Å². The number of carbonyl (C=O) groups excluding carboxylic acids is 1. The van der Waals surface area contributed by atoms with Gasteiger partial charge in [0.25, 0.3) is 0 Å². The second-order valence-electron chi connectivity index (χ2n) is 4.15. The molecule has 0 fully saturated rings. The molecule has 1 rings (SSSR count). The van der Waals surface area contributed by atoms with Crippen molar-refractivity contribution in [2.75, 3.05) is 6.61 Å². The van der Waals surface area contributed by atoms with Gasteiger partial charge >= 0.3 is 0 Å². The number of carbonyl (C=O) groups is 1. The number of aliphatic hydroxyl groups is 1. The highest BCUT2D eigenvalue weighted by Gasteiger charge is 2.24. The van der Waals surface area contributed by atoms with Crippen LogP contribution in [0.4, 0.5) is 0 Å². The average Bonchev–Trinajstić information content (AvgIpc) is 2.37. The van der Waals surface area contributed by atoms with Crippen LogP contribution in [0.1, 0.15) is 37.0 Å². The molecule has 0 aromatic heterocycles. The fourth-order valence-electron chi connectivity index (χ4n) is 1.45. The predicted octanol–water partition coefficient (Wildman–Crippen LogP) is 3.95. The van der Waals surface area contributed by atoms with Crippen LogP contribution in [0.5, 0.6) is 5.75 Å². The summed E-state index contributed by atoms with van der Waals surface area (Å²) in [5, 5.41) is 10.2. The van der Waals surface area contributed by atoms with Crippen LogP contribution in [0.25, 0.3) is 0 Å². The first-order valence-corrected chi connectivity index (χ1v) is 7.33. The van der Waals surface area contributed by atoms with Gasteiger partial charge in [-0.25, -0.2) is 0 Å². The molecule has 0 saturated carbocycles. The van der Waals surface area contributed by atoms with Gasteiger partial charge in [-0.05, 0) is 56.8 Å². The Labute approximate surface area is 124 Å². The molecule has 0 amide bonds.